The highest BCUT2D eigenvalue weighted by molar-refractivity contribution is 5.80. The van der Waals surface area contributed by atoms with Crippen LogP contribution in [0.15, 0.2) is 4.79 Å². The number of likely N-dealkylation sites (tertiary alicyclic amines) is 1. The summed E-state index contributed by atoms with van der Waals surface area (Å²) in [4.78, 5) is 46.4. The number of hydrogen-bond donors (Lipinski definition) is 1. The molecule has 8 heteroatoms. The maximum absolute atomic E-state index is 12.6. The van der Waals surface area contributed by atoms with E-state index in [4.69, 9.17) is 4.74 Å². The topological polar surface area (TPSA) is 95.6 Å². The molecule has 1 aromatic rings. The first-order chi connectivity index (χ1) is 11.3. The maximum atomic E-state index is 12.6. The van der Waals surface area contributed by atoms with Gasteiger partial charge in [0.1, 0.15) is 18.0 Å². The molecule has 0 aromatic carbocycles. The first-order valence-electron chi connectivity index (χ1n) is 8.02. The maximum Gasteiger partial charge on any atom is 0.254 e. The molecular weight excluding hydrogens is 312 g/mol. The number of carbonyl (C=O) groups is 2. The smallest absolute Gasteiger partial charge is 0.254 e. The van der Waals surface area contributed by atoms with Crippen molar-refractivity contribution in [2.45, 2.75) is 32.3 Å². The van der Waals surface area contributed by atoms with Crippen LogP contribution in [0.3, 0.4) is 0 Å². The van der Waals surface area contributed by atoms with Gasteiger partial charge in [-0.15, -0.1) is 0 Å². The molecule has 1 spiro atoms. The Bertz CT molecular complexity index is 744. The molecule has 3 rings (SSSR count). The molecule has 2 aliphatic heterocycles. The third kappa shape index (κ3) is 3.06. The number of morpholine rings is 1. The van der Waals surface area contributed by atoms with E-state index >= 15 is 0 Å². The Morgan fingerprint density at radius 3 is 2.75 bits per heavy atom. The van der Waals surface area contributed by atoms with Crippen LogP contribution >= 0.6 is 0 Å². The van der Waals surface area contributed by atoms with Crippen LogP contribution in [-0.4, -0.2) is 70.5 Å². The molecule has 0 bridgehead atoms. The molecule has 3 heterocycles. The van der Waals surface area contributed by atoms with Gasteiger partial charge in [-0.1, -0.05) is 0 Å². The fourth-order valence-corrected chi connectivity index (χ4v) is 3.42. The van der Waals surface area contributed by atoms with E-state index in [1.54, 1.807) is 30.7 Å². The predicted molar refractivity (Wildman–Crippen MR) is 85.6 cm³/mol. The zero-order valence-corrected chi connectivity index (χ0v) is 14.2. The second kappa shape index (κ2) is 6.01. The number of rotatable bonds is 2. The van der Waals surface area contributed by atoms with Gasteiger partial charge in [-0.05, 0) is 20.3 Å². The van der Waals surface area contributed by atoms with Crippen LogP contribution in [0.1, 0.15) is 23.5 Å². The van der Waals surface area contributed by atoms with E-state index in [2.05, 4.69) is 9.97 Å². The lowest BCUT2D eigenvalue weighted by Gasteiger charge is -2.38. The molecule has 2 amide bonds. The molecule has 0 radical (unpaired) electrons. The third-order valence-electron chi connectivity index (χ3n) is 4.79. The number of amides is 2. The predicted octanol–water partition coefficient (Wildman–Crippen LogP) is -0.611. The Balaban J connectivity index is 1.70. The molecule has 24 heavy (non-hydrogen) atoms. The van der Waals surface area contributed by atoms with Crippen LogP contribution in [0, 0.1) is 13.8 Å². The van der Waals surface area contributed by atoms with Gasteiger partial charge in [0.15, 0.2) is 0 Å². The number of ether oxygens (including phenoxy) is 1. The van der Waals surface area contributed by atoms with Crippen molar-refractivity contribution in [3.63, 3.8) is 0 Å². The van der Waals surface area contributed by atoms with Crippen LogP contribution in [0.2, 0.25) is 0 Å². The minimum Gasteiger partial charge on any atom is -0.361 e. The zero-order valence-electron chi connectivity index (χ0n) is 14.2. The average molecular weight is 334 g/mol. The van der Waals surface area contributed by atoms with Crippen molar-refractivity contribution in [2.75, 3.05) is 33.3 Å². The number of likely N-dealkylation sites (N-methyl/N-ethyl adjacent to an activating group) is 1. The van der Waals surface area contributed by atoms with Crippen LogP contribution in [0.4, 0.5) is 0 Å². The first kappa shape index (κ1) is 16.6. The van der Waals surface area contributed by atoms with Gasteiger partial charge in [0.2, 0.25) is 11.8 Å². The van der Waals surface area contributed by atoms with E-state index in [9.17, 15) is 14.4 Å². The van der Waals surface area contributed by atoms with Crippen molar-refractivity contribution in [3.05, 3.63) is 27.4 Å². The minimum absolute atomic E-state index is 0.0271. The highest BCUT2D eigenvalue weighted by atomic mass is 16.5. The summed E-state index contributed by atoms with van der Waals surface area (Å²) < 4.78 is 5.74. The van der Waals surface area contributed by atoms with E-state index in [1.165, 1.54) is 0 Å². The van der Waals surface area contributed by atoms with Gasteiger partial charge < -0.3 is 19.5 Å². The lowest BCUT2D eigenvalue weighted by atomic mass is 10.0. The molecule has 2 saturated heterocycles. The number of aryl methyl sites for hydroxylation is 2. The number of carbonyl (C=O) groups excluding carboxylic acids is 2. The SMILES string of the molecule is Cc1nc(C)c(CC(=O)N2CC[C@@]3(CN(C)C(=O)CO3)C2)c(=O)[nH]1. The van der Waals surface area contributed by atoms with Crippen molar-refractivity contribution in [2.24, 2.45) is 0 Å². The van der Waals surface area contributed by atoms with Crippen LogP contribution in [-0.2, 0) is 20.7 Å². The average Bonchev–Trinajstić information content (AvgIpc) is 2.91. The largest absolute Gasteiger partial charge is 0.361 e. The standard InChI is InChI=1S/C16H22N4O4/c1-10-12(15(23)18-11(2)17-10)6-13(21)20-5-4-16(9-20)8-19(3)14(22)7-24-16/h4-9H2,1-3H3,(H,17,18,23)/t16-/m1/s1. The molecule has 8 nitrogen and oxygen atoms in total. The molecule has 2 aliphatic rings. The van der Waals surface area contributed by atoms with Crippen molar-refractivity contribution >= 4 is 11.8 Å². The number of nitrogens with one attached hydrogen (secondary N) is 1. The van der Waals surface area contributed by atoms with Gasteiger partial charge in [-0.25, -0.2) is 4.98 Å². The van der Waals surface area contributed by atoms with Gasteiger partial charge in [-0.2, -0.15) is 0 Å². The van der Waals surface area contributed by atoms with E-state index in [-0.39, 0.29) is 30.4 Å². The number of hydrogen-bond acceptors (Lipinski definition) is 5. The van der Waals surface area contributed by atoms with E-state index in [0.717, 1.165) is 0 Å². The number of aromatic amines is 1. The van der Waals surface area contributed by atoms with Gasteiger partial charge in [-0.3, -0.25) is 14.4 Å². The summed E-state index contributed by atoms with van der Waals surface area (Å²) >= 11 is 0. The van der Waals surface area contributed by atoms with Crippen LogP contribution < -0.4 is 5.56 Å². The Hall–Kier alpha value is -2.22. The van der Waals surface area contributed by atoms with Gasteiger partial charge >= 0.3 is 0 Å². The fraction of sp³-hybridized carbons (Fsp3) is 0.625. The lowest BCUT2D eigenvalue weighted by Crippen LogP contribution is -2.54. The quantitative estimate of drug-likeness (QED) is 0.778. The minimum atomic E-state index is -0.481. The number of nitrogens with zero attached hydrogens (tertiary/aromatic N) is 3. The van der Waals surface area contributed by atoms with Crippen LogP contribution in [0.25, 0.3) is 0 Å². The van der Waals surface area contributed by atoms with Crippen molar-refractivity contribution in [1.82, 2.24) is 19.8 Å². The highest BCUT2D eigenvalue weighted by Gasteiger charge is 2.45. The molecule has 0 saturated carbocycles. The second-order valence-electron chi connectivity index (χ2n) is 6.68. The Morgan fingerprint density at radius 2 is 2.08 bits per heavy atom. The third-order valence-corrected chi connectivity index (χ3v) is 4.79. The molecular formula is C16H22N4O4. The first-order valence-corrected chi connectivity index (χ1v) is 8.02. The Kier molecular flexibility index (Phi) is 4.16. The summed E-state index contributed by atoms with van der Waals surface area (Å²) in [6.45, 7) is 5.00. The normalized spacial score (nSPS) is 24.0. The van der Waals surface area contributed by atoms with Gasteiger partial charge in [0, 0.05) is 24.8 Å². The van der Waals surface area contributed by atoms with Gasteiger partial charge in [0.25, 0.3) is 5.56 Å². The number of H-pyrrole nitrogens is 1. The Morgan fingerprint density at radius 1 is 1.33 bits per heavy atom. The lowest BCUT2D eigenvalue weighted by molar-refractivity contribution is -0.159. The summed E-state index contributed by atoms with van der Waals surface area (Å²) in [5.74, 6) is 0.379. The summed E-state index contributed by atoms with van der Waals surface area (Å²) in [5.41, 5.74) is 0.244. The van der Waals surface area contributed by atoms with Crippen molar-refractivity contribution in [1.29, 1.82) is 0 Å². The van der Waals surface area contributed by atoms with Crippen molar-refractivity contribution in [3.8, 4) is 0 Å². The molecule has 1 atom stereocenters. The summed E-state index contributed by atoms with van der Waals surface area (Å²) in [6, 6.07) is 0. The summed E-state index contributed by atoms with van der Waals surface area (Å²) in [5, 5.41) is 0. The molecule has 0 aliphatic carbocycles. The number of aromatic nitrogens is 2. The highest BCUT2D eigenvalue weighted by Crippen LogP contribution is 2.29. The molecule has 1 N–H and O–H groups in total. The van der Waals surface area contributed by atoms with E-state index in [1.807, 2.05) is 0 Å². The molecule has 130 valence electrons. The molecule has 1 aromatic heterocycles. The van der Waals surface area contributed by atoms with E-state index in [0.29, 0.717) is 43.1 Å². The van der Waals surface area contributed by atoms with Gasteiger partial charge in [0.05, 0.1) is 19.5 Å². The monoisotopic (exact) mass is 334 g/mol. The Labute approximate surface area is 139 Å². The summed E-state index contributed by atoms with van der Waals surface area (Å²) in [7, 11) is 1.75. The fourth-order valence-electron chi connectivity index (χ4n) is 3.42. The second-order valence-corrected chi connectivity index (χ2v) is 6.68. The van der Waals surface area contributed by atoms with Crippen molar-refractivity contribution < 1.29 is 14.3 Å². The van der Waals surface area contributed by atoms with E-state index < -0.39 is 5.60 Å². The molecule has 2 fully saturated rings. The zero-order chi connectivity index (χ0) is 17.5. The molecule has 0 unspecified atom stereocenters. The van der Waals surface area contributed by atoms with Crippen LogP contribution in [0.5, 0.6) is 0 Å². The summed E-state index contributed by atoms with van der Waals surface area (Å²) in [6.07, 6.45) is 0.719.